The first kappa shape index (κ1) is 15.3. The number of carbonyl (C=O) groups is 1. The lowest BCUT2D eigenvalue weighted by Gasteiger charge is -2.31. The topological polar surface area (TPSA) is 23.6 Å². The van der Waals surface area contributed by atoms with Crippen LogP contribution in [0.15, 0.2) is 30.3 Å². The van der Waals surface area contributed by atoms with E-state index in [9.17, 15) is 18.0 Å². The summed E-state index contributed by atoms with van der Waals surface area (Å²) in [4.78, 5) is 14.6. The highest BCUT2D eigenvalue weighted by Gasteiger charge is 2.50. The number of nitrogens with zero attached hydrogens (tertiary/aromatic N) is 2. The van der Waals surface area contributed by atoms with Crippen molar-refractivity contribution in [3.05, 3.63) is 35.9 Å². The minimum Gasteiger partial charge on any atom is -0.333 e. The molecule has 0 spiro atoms. The molecule has 2 aliphatic rings. The molecule has 3 atom stereocenters. The van der Waals surface area contributed by atoms with Crippen LogP contribution in [0.2, 0.25) is 0 Å². The fraction of sp³-hybridized carbons (Fsp3) is 0.562. The molecule has 2 heterocycles. The number of rotatable bonds is 2. The molecule has 120 valence electrons. The molecule has 0 bridgehead atoms. The van der Waals surface area contributed by atoms with Gasteiger partial charge in [-0.15, -0.1) is 0 Å². The molecule has 2 saturated heterocycles. The molecule has 1 amide bonds. The second-order valence-corrected chi connectivity index (χ2v) is 6.15. The van der Waals surface area contributed by atoms with Gasteiger partial charge in [0.15, 0.2) is 0 Å². The Labute approximate surface area is 127 Å². The van der Waals surface area contributed by atoms with Crippen molar-refractivity contribution in [2.75, 3.05) is 19.6 Å². The number of halogens is 3. The van der Waals surface area contributed by atoms with Crippen molar-refractivity contribution in [3.63, 3.8) is 0 Å². The molecule has 0 unspecified atom stereocenters. The van der Waals surface area contributed by atoms with Crippen LogP contribution in [0.4, 0.5) is 13.2 Å². The summed E-state index contributed by atoms with van der Waals surface area (Å²) >= 11 is 0. The van der Waals surface area contributed by atoms with Gasteiger partial charge in [-0.25, -0.2) is 0 Å². The normalized spacial score (nSPS) is 27.0. The molecule has 6 heteroatoms. The number of benzene rings is 1. The van der Waals surface area contributed by atoms with Crippen LogP contribution in [-0.4, -0.2) is 47.6 Å². The molecule has 0 N–H and O–H groups in total. The molecule has 2 aliphatic heterocycles. The molecule has 3 nitrogen and oxygen atoms in total. The zero-order valence-corrected chi connectivity index (χ0v) is 12.4. The zero-order valence-electron chi connectivity index (χ0n) is 12.4. The Morgan fingerprint density at radius 3 is 2.55 bits per heavy atom. The monoisotopic (exact) mass is 312 g/mol. The lowest BCUT2D eigenvalue weighted by Crippen LogP contribution is -2.43. The van der Waals surface area contributed by atoms with E-state index in [0.29, 0.717) is 0 Å². The number of amides is 1. The number of hydrogen-bond donors (Lipinski definition) is 0. The number of hydrogen-bond acceptors (Lipinski definition) is 2. The van der Waals surface area contributed by atoms with E-state index in [0.717, 1.165) is 23.4 Å². The molecular weight excluding hydrogens is 293 g/mol. The van der Waals surface area contributed by atoms with Crippen LogP contribution in [-0.2, 0) is 4.79 Å². The van der Waals surface area contributed by atoms with E-state index in [1.807, 2.05) is 30.3 Å². The highest BCUT2D eigenvalue weighted by molar-refractivity contribution is 5.82. The van der Waals surface area contributed by atoms with E-state index < -0.39 is 12.1 Å². The molecule has 2 fully saturated rings. The summed E-state index contributed by atoms with van der Waals surface area (Å²) in [5.41, 5.74) is 1.16. The van der Waals surface area contributed by atoms with Gasteiger partial charge >= 0.3 is 12.1 Å². The van der Waals surface area contributed by atoms with Crippen LogP contribution < -0.4 is 0 Å². The summed E-state index contributed by atoms with van der Waals surface area (Å²) in [6.07, 6.45) is -3.92. The van der Waals surface area contributed by atoms with Crippen molar-refractivity contribution in [1.29, 1.82) is 0 Å². The molecule has 22 heavy (non-hydrogen) atoms. The third-order valence-electron chi connectivity index (χ3n) is 4.90. The van der Waals surface area contributed by atoms with E-state index >= 15 is 0 Å². The smallest absolute Gasteiger partial charge is 0.333 e. The molecule has 1 aromatic carbocycles. The first-order chi connectivity index (χ1) is 10.4. The van der Waals surface area contributed by atoms with Crippen molar-refractivity contribution >= 4 is 5.91 Å². The van der Waals surface area contributed by atoms with Crippen LogP contribution in [0.25, 0.3) is 0 Å². The Morgan fingerprint density at radius 1 is 1.23 bits per heavy atom. The average Bonchev–Trinajstić information content (AvgIpc) is 3.05. The largest absolute Gasteiger partial charge is 0.471 e. The van der Waals surface area contributed by atoms with Gasteiger partial charge in [0.2, 0.25) is 0 Å². The van der Waals surface area contributed by atoms with Gasteiger partial charge in [0.25, 0.3) is 0 Å². The number of alkyl halides is 3. The van der Waals surface area contributed by atoms with Crippen molar-refractivity contribution in [2.24, 2.45) is 5.92 Å². The molecule has 1 aromatic rings. The van der Waals surface area contributed by atoms with Crippen molar-refractivity contribution in [2.45, 2.75) is 31.6 Å². The lowest BCUT2D eigenvalue weighted by molar-refractivity contribution is -0.184. The van der Waals surface area contributed by atoms with Gasteiger partial charge in [-0.3, -0.25) is 9.69 Å². The summed E-state index contributed by atoms with van der Waals surface area (Å²) in [5.74, 6) is -1.55. The Hall–Kier alpha value is -1.56. The second kappa shape index (κ2) is 5.57. The van der Waals surface area contributed by atoms with Gasteiger partial charge in [-0.1, -0.05) is 30.3 Å². The number of fused-ring (bicyclic) bond motifs is 1. The number of likely N-dealkylation sites (tertiary alicyclic amines) is 2. The third-order valence-corrected chi connectivity index (χ3v) is 4.90. The first-order valence-corrected chi connectivity index (χ1v) is 7.54. The van der Waals surface area contributed by atoms with Gasteiger partial charge in [0.05, 0.1) is 0 Å². The van der Waals surface area contributed by atoms with Crippen LogP contribution in [0.3, 0.4) is 0 Å². The van der Waals surface area contributed by atoms with Crippen molar-refractivity contribution < 1.29 is 18.0 Å². The van der Waals surface area contributed by atoms with E-state index in [1.165, 1.54) is 0 Å². The molecule has 0 aromatic heterocycles. The summed E-state index contributed by atoms with van der Waals surface area (Å²) in [6.45, 7) is 3.35. The first-order valence-electron chi connectivity index (χ1n) is 7.54. The highest BCUT2D eigenvalue weighted by Crippen LogP contribution is 2.38. The van der Waals surface area contributed by atoms with Gasteiger partial charge in [0.1, 0.15) is 0 Å². The lowest BCUT2D eigenvalue weighted by atomic mass is 10.0. The molecule has 0 aliphatic carbocycles. The van der Waals surface area contributed by atoms with Crippen LogP contribution in [0.1, 0.15) is 24.9 Å². The summed E-state index contributed by atoms with van der Waals surface area (Å²) in [5, 5.41) is 0. The zero-order chi connectivity index (χ0) is 15.9. The quantitative estimate of drug-likeness (QED) is 0.838. The SMILES string of the molecule is C[C@H](c1ccccc1)N1CC[C@H]2CN(C(=O)C(F)(F)F)C[C@H]21. The molecule has 0 saturated carbocycles. The minimum absolute atomic E-state index is 0.0292. The number of carbonyl (C=O) groups excluding carboxylic acids is 1. The fourth-order valence-electron chi connectivity index (χ4n) is 3.74. The van der Waals surface area contributed by atoms with Crippen LogP contribution >= 0.6 is 0 Å². The van der Waals surface area contributed by atoms with Crippen LogP contribution in [0.5, 0.6) is 0 Å². The van der Waals surface area contributed by atoms with Crippen molar-refractivity contribution in [1.82, 2.24) is 9.80 Å². The second-order valence-electron chi connectivity index (χ2n) is 6.15. The predicted octanol–water partition coefficient (Wildman–Crippen LogP) is 2.84. The van der Waals surface area contributed by atoms with Crippen LogP contribution in [0, 0.1) is 5.92 Å². The Balaban J connectivity index is 1.72. The van der Waals surface area contributed by atoms with Crippen molar-refractivity contribution in [3.8, 4) is 0 Å². The van der Waals surface area contributed by atoms with E-state index in [4.69, 9.17) is 0 Å². The average molecular weight is 312 g/mol. The maximum atomic E-state index is 12.6. The maximum Gasteiger partial charge on any atom is 0.471 e. The molecular formula is C16H19F3N2O. The Kier molecular flexibility index (Phi) is 3.89. The Bertz CT molecular complexity index is 546. The third kappa shape index (κ3) is 2.72. The maximum absolute atomic E-state index is 12.6. The predicted molar refractivity (Wildman–Crippen MR) is 76.1 cm³/mol. The molecule has 3 rings (SSSR count). The summed E-state index contributed by atoms with van der Waals surface area (Å²) in [7, 11) is 0. The van der Waals surface area contributed by atoms with Gasteiger partial charge in [0, 0.05) is 25.2 Å². The fourth-order valence-corrected chi connectivity index (χ4v) is 3.74. The highest BCUT2D eigenvalue weighted by atomic mass is 19.4. The summed E-state index contributed by atoms with van der Waals surface area (Å²) < 4.78 is 37.8. The standard InChI is InChI=1S/C16H19F3N2O/c1-11(12-5-3-2-4-6-12)21-8-7-13-9-20(10-14(13)21)15(22)16(17,18)19/h2-6,11,13-14H,7-10H2,1H3/t11-,13+,14-/m1/s1. The van der Waals surface area contributed by atoms with E-state index in [1.54, 1.807) is 0 Å². The summed E-state index contributed by atoms with van der Waals surface area (Å²) in [6, 6.07) is 10.1. The van der Waals surface area contributed by atoms with Gasteiger partial charge in [-0.05, 0) is 31.4 Å². The van der Waals surface area contributed by atoms with Gasteiger partial charge < -0.3 is 4.90 Å². The van der Waals surface area contributed by atoms with E-state index in [2.05, 4.69) is 11.8 Å². The Morgan fingerprint density at radius 2 is 1.91 bits per heavy atom. The van der Waals surface area contributed by atoms with Gasteiger partial charge in [-0.2, -0.15) is 13.2 Å². The van der Waals surface area contributed by atoms with E-state index in [-0.39, 0.29) is 31.1 Å². The molecule has 0 radical (unpaired) electrons. The minimum atomic E-state index is -4.77.